The van der Waals surface area contributed by atoms with Gasteiger partial charge in [-0.2, -0.15) is 0 Å². The van der Waals surface area contributed by atoms with E-state index < -0.39 is 5.97 Å². The molecule has 0 aliphatic rings. The zero-order valence-corrected chi connectivity index (χ0v) is 14.1. The topological polar surface area (TPSA) is 59.0 Å². The van der Waals surface area contributed by atoms with Crippen LogP contribution in [0.15, 0.2) is 16.6 Å². The van der Waals surface area contributed by atoms with Gasteiger partial charge in [0.05, 0.1) is 25.1 Å². The average Bonchev–Trinajstić information content (AvgIpc) is 2.38. The first kappa shape index (κ1) is 19.0. The van der Waals surface area contributed by atoms with Crippen LogP contribution in [0.25, 0.3) is 0 Å². The minimum atomic E-state index is -0.793. The highest BCUT2D eigenvalue weighted by molar-refractivity contribution is 9.10. The highest BCUT2D eigenvalue weighted by Crippen LogP contribution is 2.37. The molecule has 0 spiro atoms. The number of carboxylic acid groups (broad SMARTS) is 1. The first-order valence-electron chi connectivity index (χ1n) is 5.79. The molecule has 1 aromatic rings. The Bertz CT molecular complexity index is 456. The smallest absolute Gasteiger partial charge is 0.304 e. The summed E-state index contributed by atoms with van der Waals surface area (Å²) >= 11 is 3.49. The fourth-order valence-corrected chi connectivity index (χ4v) is 2.32. The van der Waals surface area contributed by atoms with E-state index in [4.69, 9.17) is 14.6 Å². The Balaban J connectivity index is 0.00000361. The summed E-state index contributed by atoms with van der Waals surface area (Å²) in [5.74, 6) is 0.510. The van der Waals surface area contributed by atoms with Crippen LogP contribution in [0.5, 0.6) is 11.5 Å². The predicted molar refractivity (Wildman–Crippen MR) is 83.1 cm³/mol. The molecule has 0 aliphatic carbocycles. The standard InChI is InChI=1S/C13H18BrNO4.ClH/c1-15(7-6-11(16)17)8-9-4-5-10(18-2)13(19-3)12(9)14;/h4-5H,6-8H2,1-3H3,(H,16,17);1H. The summed E-state index contributed by atoms with van der Waals surface area (Å²) in [4.78, 5) is 12.5. The molecule has 1 rings (SSSR count). The third kappa shape index (κ3) is 5.19. The molecular weight excluding hydrogens is 350 g/mol. The van der Waals surface area contributed by atoms with Crippen LogP contribution in [0, 0.1) is 0 Å². The van der Waals surface area contributed by atoms with Gasteiger partial charge < -0.3 is 19.5 Å². The molecule has 0 fully saturated rings. The number of carbonyl (C=O) groups is 1. The van der Waals surface area contributed by atoms with E-state index in [1.807, 2.05) is 24.1 Å². The molecule has 0 bridgehead atoms. The molecule has 20 heavy (non-hydrogen) atoms. The first-order valence-corrected chi connectivity index (χ1v) is 6.58. The molecule has 0 amide bonds. The van der Waals surface area contributed by atoms with Crippen LogP contribution in [-0.4, -0.2) is 43.8 Å². The van der Waals surface area contributed by atoms with E-state index in [0.717, 1.165) is 10.0 Å². The quantitative estimate of drug-likeness (QED) is 0.802. The fourth-order valence-electron chi connectivity index (χ4n) is 1.71. The van der Waals surface area contributed by atoms with Gasteiger partial charge in [-0.1, -0.05) is 6.07 Å². The molecular formula is C13H19BrClNO4. The number of ether oxygens (including phenoxy) is 2. The van der Waals surface area contributed by atoms with E-state index in [1.165, 1.54) is 0 Å². The van der Waals surface area contributed by atoms with E-state index in [0.29, 0.717) is 24.6 Å². The number of halogens is 2. The second-order valence-corrected chi connectivity index (χ2v) is 4.95. The third-order valence-corrected chi connectivity index (χ3v) is 3.58. The van der Waals surface area contributed by atoms with Crippen molar-refractivity contribution in [3.63, 3.8) is 0 Å². The minimum absolute atomic E-state index is 0. The van der Waals surface area contributed by atoms with Crippen molar-refractivity contribution in [2.24, 2.45) is 0 Å². The van der Waals surface area contributed by atoms with Gasteiger partial charge in [0.15, 0.2) is 11.5 Å². The largest absolute Gasteiger partial charge is 0.493 e. The van der Waals surface area contributed by atoms with Crippen LogP contribution < -0.4 is 9.47 Å². The highest BCUT2D eigenvalue weighted by atomic mass is 79.9. The van der Waals surface area contributed by atoms with Crippen LogP contribution in [-0.2, 0) is 11.3 Å². The summed E-state index contributed by atoms with van der Waals surface area (Å²) in [5, 5.41) is 8.66. The molecule has 7 heteroatoms. The maximum atomic E-state index is 10.5. The Labute approximate surface area is 133 Å². The van der Waals surface area contributed by atoms with Gasteiger partial charge in [-0.05, 0) is 34.6 Å². The molecule has 0 radical (unpaired) electrons. The normalized spacial score (nSPS) is 10.1. The van der Waals surface area contributed by atoms with Crippen molar-refractivity contribution in [3.05, 3.63) is 22.2 Å². The number of methoxy groups -OCH3 is 2. The van der Waals surface area contributed by atoms with Gasteiger partial charge in [-0.15, -0.1) is 12.4 Å². The first-order chi connectivity index (χ1) is 8.99. The number of benzene rings is 1. The Morgan fingerprint density at radius 1 is 1.35 bits per heavy atom. The lowest BCUT2D eigenvalue weighted by molar-refractivity contribution is -0.137. The van der Waals surface area contributed by atoms with Crippen LogP contribution in [0.3, 0.4) is 0 Å². The summed E-state index contributed by atoms with van der Waals surface area (Å²) < 4.78 is 11.3. The van der Waals surface area contributed by atoms with Crippen molar-refractivity contribution in [2.45, 2.75) is 13.0 Å². The molecule has 0 heterocycles. The van der Waals surface area contributed by atoms with E-state index in [1.54, 1.807) is 14.2 Å². The third-order valence-electron chi connectivity index (χ3n) is 2.71. The number of nitrogens with zero attached hydrogens (tertiary/aromatic N) is 1. The molecule has 0 atom stereocenters. The van der Waals surface area contributed by atoms with Gasteiger partial charge in [-0.25, -0.2) is 0 Å². The van der Waals surface area contributed by atoms with Crippen LogP contribution in [0.1, 0.15) is 12.0 Å². The van der Waals surface area contributed by atoms with Gasteiger partial charge in [0, 0.05) is 13.1 Å². The SMILES string of the molecule is COc1ccc(CN(C)CCC(=O)O)c(Br)c1OC.Cl. The van der Waals surface area contributed by atoms with Crippen molar-refractivity contribution in [1.82, 2.24) is 4.90 Å². The molecule has 0 saturated heterocycles. The summed E-state index contributed by atoms with van der Waals surface area (Å²) in [6.45, 7) is 1.13. The monoisotopic (exact) mass is 367 g/mol. The van der Waals surface area contributed by atoms with Gasteiger partial charge in [0.2, 0.25) is 0 Å². The Kier molecular flexibility index (Phi) is 8.60. The highest BCUT2D eigenvalue weighted by Gasteiger charge is 2.14. The molecule has 0 saturated carbocycles. The number of aliphatic carboxylic acids is 1. The molecule has 5 nitrogen and oxygen atoms in total. The number of hydrogen-bond donors (Lipinski definition) is 1. The summed E-state index contributed by atoms with van der Waals surface area (Å²) in [6, 6.07) is 3.77. The molecule has 1 N–H and O–H groups in total. The second kappa shape index (κ2) is 9.05. The predicted octanol–water partition coefficient (Wildman–Crippen LogP) is 2.79. The van der Waals surface area contributed by atoms with E-state index in [9.17, 15) is 4.79 Å². The van der Waals surface area contributed by atoms with Crippen LogP contribution in [0.2, 0.25) is 0 Å². The maximum Gasteiger partial charge on any atom is 0.304 e. The van der Waals surface area contributed by atoms with Gasteiger partial charge >= 0.3 is 5.97 Å². The van der Waals surface area contributed by atoms with E-state index in [-0.39, 0.29) is 18.8 Å². The summed E-state index contributed by atoms with van der Waals surface area (Å²) in [6.07, 6.45) is 0.126. The van der Waals surface area contributed by atoms with E-state index in [2.05, 4.69) is 15.9 Å². The summed E-state index contributed by atoms with van der Waals surface area (Å²) in [7, 11) is 5.05. The molecule has 0 aliphatic heterocycles. The van der Waals surface area contributed by atoms with Crippen LogP contribution in [0.4, 0.5) is 0 Å². The van der Waals surface area contributed by atoms with Gasteiger partial charge in [0.1, 0.15) is 0 Å². The average molecular weight is 369 g/mol. The molecule has 0 unspecified atom stereocenters. The maximum absolute atomic E-state index is 10.5. The van der Waals surface area contributed by atoms with Crippen molar-refractivity contribution in [1.29, 1.82) is 0 Å². The van der Waals surface area contributed by atoms with Crippen molar-refractivity contribution < 1.29 is 19.4 Å². The van der Waals surface area contributed by atoms with Crippen LogP contribution >= 0.6 is 28.3 Å². The lowest BCUT2D eigenvalue weighted by atomic mass is 10.2. The van der Waals surface area contributed by atoms with Crippen molar-refractivity contribution >= 4 is 34.3 Å². The Hall–Kier alpha value is -0.980. The Morgan fingerprint density at radius 2 is 2.00 bits per heavy atom. The molecule has 114 valence electrons. The van der Waals surface area contributed by atoms with Gasteiger partial charge in [-0.3, -0.25) is 4.79 Å². The van der Waals surface area contributed by atoms with Crippen molar-refractivity contribution in [2.75, 3.05) is 27.8 Å². The lowest BCUT2D eigenvalue weighted by Gasteiger charge is -2.18. The zero-order chi connectivity index (χ0) is 14.4. The van der Waals surface area contributed by atoms with Crippen molar-refractivity contribution in [3.8, 4) is 11.5 Å². The minimum Gasteiger partial charge on any atom is -0.493 e. The van der Waals surface area contributed by atoms with Gasteiger partial charge in [0.25, 0.3) is 0 Å². The number of carboxylic acids is 1. The number of hydrogen-bond acceptors (Lipinski definition) is 4. The molecule has 0 aromatic heterocycles. The van der Waals surface area contributed by atoms with E-state index >= 15 is 0 Å². The molecule has 1 aromatic carbocycles. The zero-order valence-electron chi connectivity index (χ0n) is 11.7. The number of rotatable bonds is 7. The Morgan fingerprint density at radius 3 is 2.50 bits per heavy atom. The lowest BCUT2D eigenvalue weighted by Crippen LogP contribution is -2.21. The summed E-state index contributed by atoms with van der Waals surface area (Å²) in [5.41, 5.74) is 1.02. The fraction of sp³-hybridized carbons (Fsp3) is 0.462. The second-order valence-electron chi connectivity index (χ2n) is 4.16.